The van der Waals surface area contributed by atoms with Gasteiger partial charge in [-0.05, 0) is 60.7 Å². The summed E-state index contributed by atoms with van der Waals surface area (Å²) in [5, 5.41) is 5.72. The second-order valence-corrected chi connectivity index (χ2v) is 11.7. The molecule has 0 unspecified atom stereocenters. The van der Waals surface area contributed by atoms with Crippen molar-refractivity contribution in [1.82, 2.24) is 5.32 Å². The third-order valence-electron chi connectivity index (χ3n) is 3.84. The first-order valence-electron chi connectivity index (χ1n) is 8.45. The second kappa shape index (κ2) is 9.60. The van der Waals surface area contributed by atoms with E-state index in [9.17, 15) is 18.0 Å². The molecule has 30 heavy (non-hydrogen) atoms. The van der Waals surface area contributed by atoms with Crippen LogP contribution in [0.4, 0.5) is 5.69 Å². The van der Waals surface area contributed by atoms with E-state index in [1.54, 1.807) is 26.0 Å². The average Bonchev–Trinajstić information content (AvgIpc) is 2.59. The lowest BCUT2D eigenvalue weighted by Gasteiger charge is -2.26. The van der Waals surface area contributed by atoms with Crippen molar-refractivity contribution in [3.05, 3.63) is 60.1 Å². The molecule has 6 nitrogen and oxygen atoms in total. The van der Waals surface area contributed by atoms with Crippen LogP contribution in [-0.4, -0.2) is 37.8 Å². The fourth-order valence-electron chi connectivity index (χ4n) is 2.82. The van der Waals surface area contributed by atoms with E-state index in [0.717, 1.165) is 6.26 Å². The summed E-state index contributed by atoms with van der Waals surface area (Å²) in [7, 11) is -3.33. The summed E-state index contributed by atoms with van der Waals surface area (Å²) in [6.45, 7) is 3.19. The summed E-state index contributed by atoms with van der Waals surface area (Å²) in [6.07, 6.45) is 1.09. The molecule has 0 heterocycles. The molecule has 0 aromatic heterocycles. The van der Waals surface area contributed by atoms with E-state index in [0.29, 0.717) is 3.57 Å². The number of carbonyl (C=O) groups excluding carboxylic acids is 2. The molecule has 2 amide bonds. The zero-order valence-corrected chi connectivity index (χ0v) is 21.4. The summed E-state index contributed by atoms with van der Waals surface area (Å²) in [5.41, 5.74) is -0.589. The zero-order chi connectivity index (χ0) is 22.9. The molecule has 0 aliphatic rings. The largest absolute Gasteiger partial charge is 0.346 e. The van der Waals surface area contributed by atoms with Crippen LogP contribution in [0.25, 0.3) is 0 Å². The smallest absolute Gasteiger partial charge is 0.256 e. The molecule has 2 aromatic rings. The van der Waals surface area contributed by atoms with Crippen LogP contribution in [0.1, 0.15) is 34.6 Å². The number of rotatable bonds is 6. The molecule has 0 bridgehead atoms. The van der Waals surface area contributed by atoms with Crippen LogP contribution in [0.15, 0.2) is 30.3 Å². The first kappa shape index (κ1) is 25.2. The van der Waals surface area contributed by atoms with Gasteiger partial charge < -0.3 is 10.6 Å². The van der Waals surface area contributed by atoms with Gasteiger partial charge in [0.2, 0.25) is 0 Å². The lowest BCUT2D eigenvalue weighted by molar-refractivity contribution is 0.0909. The Kier molecular flexibility index (Phi) is 8.06. The number of hydrogen-bond donors (Lipinski definition) is 2. The van der Waals surface area contributed by atoms with Crippen LogP contribution < -0.4 is 10.6 Å². The highest BCUT2D eigenvalue weighted by Gasteiger charge is 2.29. The predicted molar refractivity (Wildman–Crippen MR) is 130 cm³/mol. The van der Waals surface area contributed by atoms with Crippen molar-refractivity contribution in [2.24, 2.45) is 0 Å². The number of carbonyl (C=O) groups is 2. The molecule has 0 fully saturated rings. The van der Waals surface area contributed by atoms with Crippen molar-refractivity contribution >= 4 is 84.7 Å². The van der Waals surface area contributed by atoms with Crippen LogP contribution >= 0.6 is 57.4 Å². The molecular weight excluding hydrogens is 586 g/mol. The first-order chi connectivity index (χ1) is 13.7. The van der Waals surface area contributed by atoms with Gasteiger partial charge in [0.15, 0.2) is 0 Å². The Morgan fingerprint density at radius 1 is 1.03 bits per heavy atom. The van der Waals surface area contributed by atoms with E-state index in [-0.39, 0.29) is 37.6 Å². The monoisotopic (exact) mass is 602 g/mol. The molecule has 2 aromatic carbocycles. The van der Waals surface area contributed by atoms with E-state index in [4.69, 9.17) is 34.8 Å². The minimum Gasteiger partial charge on any atom is -0.346 e. The maximum atomic E-state index is 13.0. The van der Waals surface area contributed by atoms with Gasteiger partial charge in [0.25, 0.3) is 11.8 Å². The normalized spacial score (nSPS) is 11.8. The summed E-state index contributed by atoms with van der Waals surface area (Å²) < 4.78 is 23.8. The second-order valence-electron chi connectivity index (χ2n) is 7.25. The molecule has 162 valence electrons. The molecule has 0 radical (unpaired) electrons. The number of anilines is 1. The van der Waals surface area contributed by atoms with Crippen molar-refractivity contribution in [1.29, 1.82) is 0 Å². The van der Waals surface area contributed by atoms with Gasteiger partial charge in [-0.2, -0.15) is 0 Å². The molecule has 0 aliphatic carbocycles. The van der Waals surface area contributed by atoms with Gasteiger partial charge in [-0.1, -0.05) is 40.9 Å². The third kappa shape index (κ3) is 6.46. The van der Waals surface area contributed by atoms with Crippen LogP contribution in [0, 0.1) is 3.57 Å². The highest BCUT2D eigenvalue weighted by atomic mass is 127. The van der Waals surface area contributed by atoms with Crippen LogP contribution in [0.3, 0.4) is 0 Å². The van der Waals surface area contributed by atoms with Crippen molar-refractivity contribution in [2.75, 3.05) is 17.3 Å². The van der Waals surface area contributed by atoms with Gasteiger partial charge in [0.05, 0.1) is 37.6 Å². The Balaban J connectivity index is 2.38. The standard InChI is InChI=1S/C19H18Cl3IN2O4S/c1-19(2,9-30(3,28)29)25-18(27)14-10(5-4-6-12(14)23)17(26)24-13-8-7-11(20)15(21)16(13)22/h4-8H,9H2,1-3H3,(H,24,26)(H,25,27). The fourth-order valence-corrected chi connectivity index (χ4v) is 5.53. The van der Waals surface area contributed by atoms with E-state index in [1.807, 2.05) is 22.6 Å². The highest BCUT2D eigenvalue weighted by Crippen LogP contribution is 2.36. The Bertz CT molecular complexity index is 1120. The number of amides is 2. The van der Waals surface area contributed by atoms with Gasteiger partial charge in [0, 0.05) is 15.4 Å². The average molecular weight is 604 g/mol. The fraction of sp³-hybridized carbons (Fsp3) is 0.263. The minimum absolute atomic E-state index is 0.0726. The van der Waals surface area contributed by atoms with Crippen LogP contribution in [-0.2, 0) is 9.84 Å². The SMILES string of the molecule is CC(C)(CS(C)(=O)=O)NC(=O)c1c(I)cccc1C(=O)Nc1ccc(Cl)c(Cl)c1Cl. The van der Waals surface area contributed by atoms with Crippen LogP contribution in [0.2, 0.25) is 15.1 Å². The van der Waals surface area contributed by atoms with Crippen molar-refractivity contribution in [3.8, 4) is 0 Å². The maximum absolute atomic E-state index is 13.0. The predicted octanol–water partition coefficient (Wildman–Crippen LogP) is 5.06. The van der Waals surface area contributed by atoms with E-state index >= 15 is 0 Å². The summed E-state index contributed by atoms with van der Waals surface area (Å²) in [5.74, 6) is -1.41. The summed E-state index contributed by atoms with van der Waals surface area (Å²) >= 11 is 20.0. The maximum Gasteiger partial charge on any atom is 0.256 e. The molecule has 0 saturated carbocycles. The van der Waals surface area contributed by atoms with E-state index in [1.165, 1.54) is 18.2 Å². The number of benzene rings is 2. The topological polar surface area (TPSA) is 92.3 Å². The number of halogens is 4. The quantitative estimate of drug-likeness (QED) is 0.357. The number of hydrogen-bond acceptors (Lipinski definition) is 4. The number of sulfone groups is 1. The Morgan fingerprint density at radius 2 is 1.67 bits per heavy atom. The minimum atomic E-state index is -3.33. The molecular formula is C19H18Cl3IN2O4S. The molecule has 0 saturated heterocycles. The summed E-state index contributed by atoms with van der Waals surface area (Å²) in [4.78, 5) is 25.9. The Labute approximate surface area is 203 Å². The Morgan fingerprint density at radius 3 is 2.27 bits per heavy atom. The van der Waals surface area contributed by atoms with Crippen molar-refractivity contribution in [3.63, 3.8) is 0 Å². The van der Waals surface area contributed by atoms with Crippen molar-refractivity contribution < 1.29 is 18.0 Å². The van der Waals surface area contributed by atoms with Gasteiger partial charge in [-0.15, -0.1) is 0 Å². The first-order valence-corrected chi connectivity index (χ1v) is 12.7. The molecule has 0 atom stereocenters. The van der Waals surface area contributed by atoms with E-state index < -0.39 is 27.2 Å². The van der Waals surface area contributed by atoms with Crippen LogP contribution in [0.5, 0.6) is 0 Å². The van der Waals surface area contributed by atoms with Gasteiger partial charge in [-0.3, -0.25) is 9.59 Å². The lowest BCUT2D eigenvalue weighted by atomic mass is 10.0. The molecule has 2 N–H and O–H groups in total. The molecule has 0 aliphatic heterocycles. The van der Waals surface area contributed by atoms with Gasteiger partial charge >= 0.3 is 0 Å². The Hall–Kier alpha value is -1.07. The summed E-state index contributed by atoms with van der Waals surface area (Å²) in [6, 6.07) is 7.77. The highest BCUT2D eigenvalue weighted by molar-refractivity contribution is 14.1. The lowest BCUT2D eigenvalue weighted by Crippen LogP contribution is -2.48. The third-order valence-corrected chi connectivity index (χ3v) is 7.28. The zero-order valence-electron chi connectivity index (χ0n) is 16.1. The molecule has 2 rings (SSSR count). The molecule has 0 spiro atoms. The molecule has 11 heteroatoms. The van der Waals surface area contributed by atoms with Gasteiger partial charge in [-0.25, -0.2) is 8.42 Å². The van der Waals surface area contributed by atoms with E-state index in [2.05, 4.69) is 10.6 Å². The van der Waals surface area contributed by atoms with Gasteiger partial charge in [0.1, 0.15) is 9.84 Å². The van der Waals surface area contributed by atoms with Crippen molar-refractivity contribution in [2.45, 2.75) is 19.4 Å². The number of nitrogens with one attached hydrogen (secondary N) is 2.